The van der Waals surface area contributed by atoms with Gasteiger partial charge in [0.1, 0.15) is 0 Å². The molecule has 1 aliphatic heterocycles. The zero-order valence-corrected chi connectivity index (χ0v) is 18.3. The summed E-state index contributed by atoms with van der Waals surface area (Å²) in [4.78, 5) is 33.2. The average molecular weight is 435 g/mol. The zero-order chi connectivity index (χ0) is 21.8. The molecule has 31 heavy (non-hydrogen) atoms. The van der Waals surface area contributed by atoms with E-state index in [0.29, 0.717) is 30.8 Å². The normalized spacial score (nSPS) is 18.5. The van der Waals surface area contributed by atoms with Gasteiger partial charge in [-0.15, -0.1) is 11.3 Å². The Morgan fingerprint density at radius 1 is 1.23 bits per heavy atom. The molecule has 1 aliphatic rings. The molecule has 1 fully saturated rings. The highest BCUT2D eigenvalue weighted by molar-refractivity contribution is 7.13. The van der Waals surface area contributed by atoms with Gasteiger partial charge in [-0.2, -0.15) is 0 Å². The van der Waals surface area contributed by atoms with Gasteiger partial charge in [-0.3, -0.25) is 14.6 Å². The molecule has 3 aromatic rings. The third kappa shape index (κ3) is 4.46. The summed E-state index contributed by atoms with van der Waals surface area (Å²) in [5, 5.41) is 4.90. The maximum Gasteiger partial charge on any atom is 0.255 e. The Labute approximate surface area is 186 Å². The van der Waals surface area contributed by atoms with Gasteiger partial charge in [0.25, 0.3) is 5.91 Å². The lowest BCUT2D eigenvalue weighted by Gasteiger charge is -2.41. The molecule has 1 atom stereocenters. The number of carbonyl (C=O) groups excluding carboxylic acids is 2. The molecule has 0 bridgehead atoms. The van der Waals surface area contributed by atoms with Crippen LogP contribution in [0.3, 0.4) is 0 Å². The Morgan fingerprint density at radius 3 is 2.84 bits per heavy atom. The average Bonchev–Trinajstić information content (AvgIpc) is 3.33. The SMILES string of the molecule is CNC(=O)[C@]1(Cc2cccc(-c3cccs3)c2)CCCN(C(=O)c2cncc(N)c2)C1. The lowest BCUT2D eigenvalue weighted by Crippen LogP contribution is -2.54. The van der Waals surface area contributed by atoms with E-state index in [1.807, 2.05) is 12.1 Å². The number of hydrogen-bond acceptors (Lipinski definition) is 5. The van der Waals surface area contributed by atoms with Crippen LogP contribution in [0, 0.1) is 5.41 Å². The van der Waals surface area contributed by atoms with E-state index in [9.17, 15) is 9.59 Å². The van der Waals surface area contributed by atoms with E-state index in [2.05, 4.69) is 39.9 Å². The van der Waals surface area contributed by atoms with Crippen molar-refractivity contribution in [2.75, 3.05) is 25.9 Å². The van der Waals surface area contributed by atoms with E-state index < -0.39 is 5.41 Å². The highest BCUT2D eigenvalue weighted by atomic mass is 32.1. The van der Waals surface area contributed by atoms with Gasteiger partial charge in [-0.05, 0) is 47.9 Å². The number of rotatable bonds is 5. The number of thiophene rings is 1. The summed E-state index contributed by atoms with van der Waals surface area (Å²) in [6, 6.07) is 14.1. The first-order valence-electron chi connectivity index (χ1n) is 10.4. The number of carbonyl (C=O) groups is 2. The third-order valence-electron chi connectivity index (χ3n) is 5.85. The fraction of sp³-hybridized carbons (Fsp3) is 0.292. The molecule has 0 aliphatic carbocycles. The lowest BCUT2D eigenvalue weighted by molar-refractivity contribution is -0.133. The van der Waals surface area contributed by atoms with Gasteiger partial charge < -0.3 is 16.0 Å². The number of nitrogens with zero attached hydrogens (tertiary/aromatic N) is 2. The quantitative estimate of drug-likeness (QED) is 0.642. The summed E-state index contributed by atoms with van der Waals surface area (Å²) in [6.45, 7) is 0.977. The number of nitrogens with two attached hydrogens (primary N) is 1. The first kappa shape index (κ1) is 21.1. The Kier molecular flexibility index (Phi) is 6.04. The van der Waals surface area contributed by atoms with Gasteiger partial charge in [0, 0.05) is 37.4 Å². The molecule has 0 saturated carbocycles. The minimum Gasteiger partial charge on any atom is -0.397 e. The summed E-state index contributed by atoms with van der Waals surface area (Å²) in [5.74, 6) is -0.169. The first-order valence-corrected chi connectivity index (χ1v) is 11.2. The van der Waals surface area contributed by atoms with Crippen LogP contribution in [0.2, 0.25) is 0 Å². The molecule has 4 rings (SSSR count). The molecule has 7 heteroatoms. The predicted molar refractivity (Wildman–Crippen MR) is 124 cm³/mol. The number of benzene rings is 1. The Balaban J connectivity index is 1.61. The van der Waals surface area contributed by atoms with Crippen molar-refractivity contribution in [2.45, 2.75) is 19.3 Å². The zero-order valence-electron chi connectivity index (χ0n) is 17.5. The van der Waals surface area contributed by atoms with Crippen LogP contribution in [0.4, 0.5) is 5.69 Å². The molecule has 1 saturated heterocycles. The van der Waals surface area contributed by atoms with Crippen molar-refractivity contribution in [1.29, 1.82) is 0 Å². The number of hydrogen-bond donors (Lipinski definition) is 2. The molecule has 2 aromatic heterocycles. The topological polar surface area (TPSA) is 88.3 Å². The number of nitrogens with one attached hydrogen (secondary N) is 1. The molecule has 3 heterocycles. The van der Waals surface area contributed by atoms with Crippen LogP contribution in [0.1, 0.15) is 28.8 Å². The number of likely N-dealkylation sites (tertiary alicyclic amines) is 1. The summed E-state index contributed by atoms with van der Waals surface area (Å²) in [6.07, 6.45) is 5.11. The van der Waals surface area contributed by atoms with Crippen molar-refractivity contribution in [3.05, 3.63) is 71.4 Å². The molecular weight excluding hydrogens is 408 g/mol. The Hall–Kier alpha value is -3.19. The fourth-order valence-corrected chi connectivity index (χ4v) is 5.13. The van der Waals surface area contributed by atoms with Crippen molar-refractivity contribution >= 4 is 28.8 Å². The molecule has 1 aromatic carbocycles. The van der Waals surface area contributed by atoms with Crippen LogP contribution in [0.5, 0.6) is 0 Å². The van der Waals surface area contributed by atoms with Crippen molar-refractivity contribution in [2.24, 2.45) is 5.41 Å². The number of amides is 2. The lowest BCUT2D eigenvalue weighted by atomic mass is 9.74. The fourth-order valence-electron chi connectivity index (χ4n) is 4.41. The van der Waals surface area contributed by atoms with Crippen LogP contribution in [0.15, 0.2) is 60.2 Å². The van der Waals surface area contributed by atoms with E-state index in [1.165, 1.54) is 17.3 Å². The minimum absolute atomic E-state index is 0.0303. The van der Waals surface area contributed by atoms with Gasteiger partial charge in [0.2, 0.25) is 5.91 Å². The maximum absolute atomic E-state index is 13.1. The van der Waals surface area contributed by atoms with Gasteiger partial charge in [0.15, 0.2) is 0 Å². The number of pyridine rings is 1. The molecule has 6 nitrogen and oxygen atoms in total. The summed E-state index contributed by atoms with van der Waals surface area (Å²) in [5.41, 5.74) is 8.27. The van der Waals surface area contributed by atoms with Gasteiger partial charge in [0.05, 0.1) is 16.7 Å². The number of piperidine rings is 1. The molecule has 160 valence electrons. The Bertz CT molecular complexity index is 1080. The van der Waals surface area contributed by atoms with Gasteiger partial charge in [-0.1, -0.05) is 30.3 Å². The monoisotopic (exact) mass is 434 g/mol. The van der Waals surface area contributed by atoms with E-state index in [1.54, 1.807) is 29.4 Å². The van der Waals surface area contributed by atoms with Crippen LogP contribution in [-0.2, 0) is 11.2 Å². The summed E-state index contributed by atoms with van der Waals surface area (Å²) in [7, 11) is 1.66. The maximum atomic E-state index is 13.1. The number of aromatic nitrogens is 1. The van der Waals surface area contributed by atoms with Crippen molar-refractivity contribution in [3.8, 4) is 10.4 Å². The van der Waals surface area contributed by atoms with Gasteiger partial charge >= 0.3 is 0 Å². The van der Waals surface area contributed by atoms with E-state index in [0.717, 1.165) is 24.0 Å². The largest absolute Gasteiger partial charge is 0.397 e. The number of nitrogen functional groups attached to an aromatic ring is 1. The Morgan fingerprint density at radius 2 is 2.10 bits per heavy atom. The van der Waals surface area contributed by atoms with E-state index in [-0.39, 0.29) is 11.8 Å². The van der Waals surface area contributed by atoms with Crippen molar-refractivity contribution in [1.82, 2.24) is 15.2 Å². The smallest absolute Gasteiger partial charge is 0.255 e. The third-order valence-corrected chi connectivity index (χ3v) is 6.77. The molecule has 0 unspecified atom stereocenters. The first-order chi connectivity index (χ1) is 15.0. The number of anilines is 1. The molecule has 0 spiro atoms. The standard InChI is InChI=1S/C24H26N4O2S/c1-26-23(30)24(13-17-5-2-6-18(11-17)21-7-3-10-31-21)8-4-9-28(16-24)22(29)19-12-20(25)15-27-14-19/h2-3,5-7,10-12,14-15H,4,8-9,13,16,25H2,1H3,(H,26,30)/t24-/m0/s1. The minimum atomic E-state index is -0.676. The van der Waals surface area contributed by atoms with Crippen LogP contribution < -0.4 is 11.1 Å². The van der Waals surface area contributed by atoms with Crippen LogP contribution >= 0.6 is 11.3 Å². The second kappa shape index (κ2) is 8.89. The molecule has 3 N–H and O–H groups in total. The van der Waals surface area contributed by atoms with Crippen molar-refractivity contribution < 1.29 is 9.59 Å². The van der Waals surface area contributed by atoms with Crippen LogP contribution in [0.25, 0.3) is 10.4 Å². The highest BCUT2D eigenvalue weighted by Crippen LogP contribution is 2.36. The van der Waals surface area contributed by atoms with Gasteiger partial charge in [-0.25, -0.2) is 0 Å². The highest BCUT2D eigenvalue weighted by Gasteiger charge is 2.43. The summed E-state index contributed by atoms with van der Waals surface area (Å²) >= 11 is 1.70. The second-order valence-corrected chi connectivity index (χ2v) is 9.00. The second-order valence-electron chi connectivity index (χ2n) is 8.05. The van der Waals surface area contributed by atoms with Crippen molar-refractivity contribution in [3.63, 3.8) is 0 Å². The summed E-state index contributed by atoms with van der Waals surface area (Å²) < 4.78 is 0. The van der Waals surface area contributed by atoms with E-state index in [4.69, 9.17) is 5.73 Å². The van der Waals surface area contributed by atoms with E-state index >= 15 is 0 Å². The molecule has 0 radical (unpaired) electrons. The van der Waals surface area contributed by atoms with Crippen LogP contribution in [-0.4, -0.2) is 41.8 Å². The molecular formula is C24H26N4O2S. The molecule has 2 amide bonds. The predicted octanol–water partition coefficient (Wildman–Crippen LogP) is 3.60.